The molecule has 1 fully saturated rings. The molecule has 0 spiro atoms. The predicted octanol–water partition coefficient (Wildman–Crippen LogP) is 5.51. The average Bonchev–Trinajstić information content (AvgIpc) is 3.03. The Morgan fingerprint density at radius 1 is 0.968 bits per heavy atom. The van der Waals surface area contributed by atoms with Crippen molar-refractivity contribution >= 4 is 46.3 Å². The Bertz CT molecular complexity index is 1160. The van der Waals surface area contributed by atoms with E-state index in [2.05, 4.69) is 0 Å². The monoisotopic (exact) mass is 447 g/mol. The molecule has 3 aromatic rings. The quantitative estimate of drug-likeness (QED) is 0.397. The second kappa shape index (κ2) is 9.16. The molecule has 4 rings (SSSR count). The normalized spacial score (nSPS) is 15.9. The maximum atomic E-state index is 13.1. The molecule has 3 aromatic carbocycles. The van der Waals surface area contributed by atoms with Crippen LogP contribution in [0.4, 0.5) is 0 Å². The summed E-state index contributed by atoms with van der Waals surface area (Å²) in [7, 11) is 0. The first-order valence-corrected chi connectivity index (χ1v) is 10.6. The van der Waals surface area contributed by atoms with E-state index in [0.29, 0.717) is 22.0 Å². The van der Waals surface area contributed by atoms with Crippen LogP contribution < -0.4 is 4.74 Å². The SMILES string of the molecule is O=C(O)C(c1ccccc1)N1C(=O)/C(=C\c2cccc(Oc3ccccc3)c2)SC1=S. The molecule has 1 unspecified atom stereocenters. The zero-order valence-electron chi connectivity index (χ0n) is 16.2. The van der Waals surface area contributed by atoms with Gasteiger partial charge < -0.3 is 9.84 Å². The number of benzene rings is 3. The van der Waals surface area contributed by atoms with Crippen molar-refractivity contribution in [3.8, 4) is 11.5 Å². The highest BCUT2D eigenvalue weighted by molar-refractivity contribution is 8.26. The molecule has 0 aliphatic carbocycles. The first kappa shape index (κ1) is 20.8. The highest BCUT2D eigenvalue weighted by Gasteiger charge is 2.41. The van der Waals surface area contributed by atoms with Crippen molar-refractivity contribution in [3.05, 3.63) is 101 Å². The lowest BCUT2D eigenvalue weighted by Gasteiger charge is -2.23. The number of aliphatic carboxylic acids is 1. The Kier molecular flexibility index (Phi) is 6.16. The van der Waals surface area contributed by atoms with Crippen molar-refractivity contribution in [1.29, 1.82) is 0 Å². The van der Waals surface area contributed by atoms with Gasteiger partial charge in [0, 0.05) is 0 Å². The van der Waals surface area contributed by atoms with Crippen LogP contribution in [0.3, 0.4) is 0 Å². The lowest BCUT2D eigenvalue weighted by Crippen LogP contribution is -2.37. The van der Waals surface area contributed by atoms with Crippen molar-refractivity contribution in [2.75, 3.05) is 0 Å². The van der Waals surface area contributed by atoms with Gasteiger partial charge >= 0.3 is 5.97 Å². The molecule has 0 radical (unpaired) electrons. The molecular formula is C24H17NO4S2. The summed E-state index contributed by atoms with van der Waals surface area (Å²) in [5.41, 5.74) is 1.24. The zero-order valence-corrected chi connectivity index (χ0v) is 17.8. The number of hydrogen-bond acceptors (Lipinski definition) is 5. The Morgan fingerprint density at radius 3 is 2.29 bits per heavy atom. The minimum atomic E-state index is -1.17. The lowest BCUT2D eigenvalue weighted by molar-refractivity contribution is -0.145. The number of rotatable bonds is 6. The number of para-hydroxylation sites is 1. The zero-order chi connectivity index (χ0) is 21.8. The van der Waals surface area contributed by atoms with Gasteiger partial charge in [-0.05, 0) is 41.5 Å². The van der Waals surface area contributed by atoms with Gasteiger partial charge in [0.15, 0.2) is 6.04 Å². The average molecular weight is 448 g/mol. The highest BCUT2D eigenvalue weighted by Crippen LogP contribution is 2.38. The number of hydrogen-bond donors (Lipinski definition) is 1. The van der Waals surface area contributed by atoms with Gasteiger partial charge in [0.1, 0.15) is 15.8 Å². The van der Waals surface area contributed by atoms with Gasteiger partial charge in [-0.2, -0.15) is 0 Å². The van der Waals surface area contributed by atoms with Gasteiger partial charge in [0.2, 0.25) is 0 Å². The van der Waals surface area contributed by atoms with E-state index >= 15 is 0 Å². The molecule has 5 nitrogen and oxygen atoms in total. The van der Waals surface area contributed by atoms with Crippen molar-refractivity contribution < 1.29 is 19.4 Å². The Hall–Kier alpha value is -3.42. The summed E-state index contributed by atoms with van der Waals surface area (Å²) in [4.78, 5) is 26.6. The van der Waals surface area contributed by atoms with Gasteiger partial charge in [-0.15, -0.1) is 0 Å². The standard InChI is InChI=1S/C24H17NO4S2/c26-22-20(15-16-8-7-13-19(14-16)29-18-11-5-2-6-12-18)31-24(30)25(22)21(23(27)28)17-9-3-1-4-10-17/h1-15,21H,(H,27,28)/b20-15+. The second-order valence-corrected chi connectivity index (χ2v) is 8.37. The van der Waals surface area contributed by atoms with Crippen LogP contribution >= 0.6 is 24.0 Å². The maximum Gasteiger partial charge on any atom is 0.331 e. The number of carbonyl (C=O) groups excluding carboxylic acids is 1. The van der Waals surface area contributed by atoms with Gasteiger partial charge in [-0.1, -0.05) is 84.6 Å². The third kappa shape index (κ3) is 4.68. The molecule has 0 bridgehead atoms. The van der Waals surface area contributed by atoms with E-state index in [1.807, 2.05) is 54.6 Å². The molecule has 1 heterocycles. The van der Waals surface area contributed by atoms with Gasteiger partial charge in [0.25, 0.3) is 5.91 Å². The highest BCUT2D eigenvalue weighted by atomic mass is 32.2. The summed E-state index contributed by atoms with van der Waals surface area (Å²) >= 11 is 6.45. The first-order chi connectivity index (χ1) is 15.0. The Labute approximate surface area is 189 Å². The summed E-state index contributed by atoms with van der Waals surface area (Å²) in [6.07, 6.45) is 1.70. The largest absolute Gasteiger partial charge is 0.479 e. The van der Waals surface area contributed by atoms with E-state index < -0.39 is 17.9 Å². The van der Waals surface area contributed by atoms with E-state index in [1.165, 1.54) is 0 Å². The summed E-state index contributed by atoms with van der Waals surface area (Å²) in [5.74, 6) is -0.232. The van der Waals surface area contributed by atoms with Crippen LogP contribution in [0.25, 0.3) is 6.08 Å². The first-order valence-electron chi connectivity index (χ1n) is 9.41. The molecule has 1 atom stereocenters. The molecule has 1 saturated heterocycles. The molecule has 1 amide bonds. The van der Waals surface area contributed by atoms with Crippen LogP contribution in [0.5, 0.6) is 11.5 Å². The van der Waals surface area contributed by atoms with Crippen LogP contribution in [-0.2, 0) is 9.59 Å². The van der Waals surface area contributed by atoms with Crippen molar-refractivity contribution in [1.82, 2.24) is 4.90 Å². The molecule has 0 aromatic heterocycles. The molecule has 154 valence electrons. The number of carbonyl (C=O) groups is 2. The number of ether oxygens (including phenoxy) is 1. The van der Waals surface area contributed by atoms with Crippen molar-refractivity contribution in [2.45, 2.75) is 6.04 Å². The summed E-state index contributed by atoms with van der Waals surface area (Å²) in [6, 6.07) is 24.1. The molecule has 1 aliphatic rings. The minimum Gasteiger partial charge on any atom is -0.479 e. The van der Waals surface area contributed by atoms with E-state index in [0.717, 1.165) is 22.2 Å². The smallest absolute Gasteiger partial charge is 0.331 e. The van der Waals surface area contributed by atoms with E-state index in [1.54, 1.807) is 36.4 Å². The maximum absolute atomic E-state index is 13.1. The van der Waals surface area contributed by atoms with Gasteiger partial charge in [-0.25, -0.2) is 4.79 Å². The van der Waals surface area contributed by atoms with Crippen LogP contribution in [0.2, 0.25) is 0 Å². The third-order valence-corrected chi connectivity index (χ3v) is 5.90. The van der Waals surface area contributed by atoms with Crippen LogP contribution in [0.15, 0.2) is 89.8 Å². The number of carboxylic acids is 1. The number of thiocarbonyl (C=S) groups is 1. The molecular weight excluding hydrogens is 430 g/mol. The number of thioether (sulfide) groups is 1. The van der Waals surface area contributed by atoms with Crippen molar-refractivity contribution in [2.24, 2.45) is 0 Å². The number of nitrogens with zero attached hydrogens (tertiary/aromatic N) is 1. The number of amides is 1. The van der Waals surface area contributed by atoms with Crippen LogP contribution in [0.1, 0.15) is 17.2 Å². The minimum absolute atomic E-state index is 0.212. The van der Waals surface area contributed by atoms with E-state index in [9.17, 15) is 14.7 Å². The molecule has 31 heavy (non-hydrogen) atoms. The Balaban J connectivity index is 1.60. The van der Waals surface area contributed by atoms with Gasteiger partial charge in [-0.3, -0.25) is 9.69 Å². The third-order valence-electron chi connectivity index (χ3n) is 4.57. The Morgan fingerprint density at radius 2 is 1.61 bits per heavy atom. The second-order valence-electron chi connectivity index (χ2n) is 6.69. The summed E-state index contributed by atoms with van der Waals surface area (Å²) < 4.78 is 6.06. The fourth-order valence-electron chi connectivity index (χ4n) is 3.18. The molecule has 1 N–H and O–H groups in total. The van der Waals surface area contributed by atoms with Crippen LogP contribution in [-0.4, -0.2) is 26.2 Å². The molecule has 7 heteroatoms. The van der Waals surface area contributed by atoms with Crippen LogP contribution in [0, 0.1) is 0 Å². The van der Waals surface area contributed by atoms with Gasteiger partial charge in [0.05, 0.1) is 4.91 Å². The lowest BCUT2D eigenvalue weighted by atomic mass is 10.1. The number of carboxylic acid groups (broad SMARTS) is 1. The fraction of sp³-hybridized carbons (Fsp3) is 0.0417. The fourth-order valence-corrected chi connectivity index (χ4v) is 4.50. The summed E-state index contributed by atoms with van der Waals surface area (Å²) in [6.45, 7) is 0. The summed E-state index contributed by atoms with van der Waals surface area (Å²) in [5, 5.41) is 9.78. The molecule has 1 aliphatic heterocycles. The van der Waals surface area contributed by atoms with E-state index in [4.69, 9.17) is 17.0 Å². The van der Waals surface area contributed by atoms with Crippen molar-refractivity contribution in [3.63, 3.8) is 0 Å². The molecule has 0 saturated carbocycles. The predicted molar refractivity (Wildman–Crippen MR) is 125 cm³/mol. The topological polar surface area (TPSA) is 66.8 Å². The van der Waals surface area contributed by atoms with E-state index in [-0.39, 0.29) is 4.32 Å².